The molecule has 0 unspecified atom stereocenters. The number of rotatable bonds is 6. The summed E-state index contributed by atoms with van der Waals surface area (Å²) in [5.74, 6) is 0.111. The van der Waals surface area contributed by atoms with Gasteiger partial charge < -0.3 is 5.32 Å². The average molecular weight is 309 g/mol. The number of fused-ring (bicyclic) bond motifs is 1. The van der Waals surface area contributed by atoms with Gasteiger partial charge in [0.05, 0.1) is 10.7 Å². The molecule has 8 heteroatoms. The van der Waals surface area contributed by atoms with Crippen LogP contribution in [0.2, 0.25) is 0 Å². The van der Waals surface area contributed by atoms with Crippen LogP contribution in [0.15, 0.2) is 30.5 Å². The Morgan fingerprint density at radius 1 is 1.33 bits per heavy atom. The van der Waals surface area contributed by atoms with Crippen LogP contribution in [0.4, 0.5) is 11.4 Å². The lowest BCUT2D eigenvalue weighted by Crippen LogP contribution is -2.17. The molecule has 21 heavy (non-hydrogen) atoms. The van der Waals surface area contributed by atoms with Gasteiger partial charge in [0, 0.05) is 35.6 Å². The molecule has 1 heterocycles. The molecule has 2 rings (SSSR count). The van der Waals surface area contributed by atoms with Crippen LogP contribution in [0, 0.1) is 10.1 Å². The minimum atomic E-state index is -3.05. The van der Waals surface area contributed by atoms with Gasteiger partial charge in [0.2, 0.25) is 0 Å². The number of nitrogens with one attached hydrogen (secondary N) is 1. The molecule has 0 saturated heterocycles. The lowest BCUT2D eigenvalue weighted by atomic mass is 10.1. The Kier molecular flexibility index (Phi) is 4.37. The first kappa shape index (κ1) is 15.2. The molecule has 7 nitrogen and oxygen atoms in total. The van der Waals surface area contributed by atoms with E-state index in [0.717, 1.165) is 0 Å². The summed E-state index contributed by atoms with van der Waals surface area (Å²) in [7, 11) is -3.05. The normalized spacial score (nSPS) is 11.5. The number of benzene rings is 1. The molecule has 0 saturated carbocycles. The Labute approximate surface area is 122 Å². The Bertz CT molecular complexity index is 774. The van der Waals surface area contributed by atoms with Crippen LogP contribution in [-0.2, 0) is 9.84 Å². The first-order chi connectivity index (χ1) is 9.94. The minimum Gasteiger partial charge on any atom is -0.383 e. The van der Waals surface area contributed by atoms with E-state index in [1.54, 1.807) is 25.1 Å². The largest absolute Gasteiger partial charge is 0.383 e. The summed E-state index contributed by atoms with van der Waals surface area (Å²) in [6, 6.07) is 6.33. The van der Waals surface area contributed by atoms with Gasteiger partial charge in [-0.25, -0.2) is 13.4 Å². The van der Waals surface area contributed by atoms with Gasteiger partial charge in [0.15, 0.2) is 9.84 Å². The second kappa shape index (κ2) is 6.04. The SMILES string of the molecule is CCS(=O)(=O)CCNc1ccc([N+](=O)[O-])c2ncccc12. The number of aromatic nitrogens is 1. The van der Waals surface area contributed by atoms with E-state index in [2.05, 4.69) is 10.3 Å². The number of nitro groups is 1. The molecule has 1 aromatic carbocycles. The molecule has 1 aromatic heterocycles. The Morgan fingerprint density at radius 3 is 2.76 bits per heavy atom. The standard InChI is InChI=1S/C13H15N3O4S/c1-2-21(19,20)9-8-14-11-5-6-12(16(17)18)13-10(11)4-3-7-15-13/h3-7,14H,2,8-9H2,1H3. The van der Waals surface area contributed by atoms with E-state index in [0.29, 0.717) is 11.1 Å². The highest BCUT2D eigenvalue weighted by Gasteiger charge is 2.15. The van der Waals surface area contributed by atoms with E-state index in [9.17, 15) is 18.5 Å². The number of non-ortho nitro benzene ring substituents is 1. The summed E-state index contributed by atoms with van der Waals surface area (Å²) in [6.07, 6.45) is 1.49. The second-order valence-electron chi connectivity index (χ2n) is 4.45. The Hall–Kier alpha value is -2.22. The molecule has 0 atom stereocenters. The van der Waals surface area contributed by atoms with Gasteiger partial charge in [0.25, 0.3) is 5.69 Å². The molecule has 2 aromatic rings. The van der Waals surface area contributed by atoms with Crippen molar-refractivity contribution in [2.45, 2.75) is 6.92 Å². The summed E-state index contributed by atoms with van der Waals surface area (Å²) in [6.45, 7) is 1.85. The van der Waals surface area contributed by atoms with Crippen LogP contribution in [0.25, 0.3) is 10.9 Å². The van der Waals surface area contributed by atoms with Crippen molar-refractivity contribution in [3.63, 3.8) is 0 Å². The summed E-state index contributed by atoms with van der Waals surface area (Å²) in [4.78, 5) is 14.5. The quantitative estimate of drug-likeness (QED) is 0.646. The monoisotopic (exact) mass is 309 g/mol. The maximum Gasteiger partial charge on any atom is 0.295 e. The van der Waals surface area contributed by atoms with Gasteiger partial charge >= 0.3 is 0 Å². The van der Waals surface area contributed by atoms with Crippen LogP contribution < -0.4 is 5.32 Å². The van der Waals surface area contributed by atoms with Crippen molar-refractivity contribution < 1.29 is 13.3 Å². The smallest absolute Gasteiger partial charge is 0.295 e. The summed E-state index contributed by atoms with van der Waals surface area (Å²) < 4.78 is 22.9. The number of hydrogen-bond donors (Lipinski definition) is 1. The van der Waals surface area contributed by atoms with Crippen LogP contribution in [0.1, 0.15) is 6.92 Å². The van der Waals surface area contributed by atoms with Crippen molar-refractivity contribution >= 4 is 32.1 Å². The summed E-state index contributed by atoms with van der Waals surface area (Å²) >= 11 is 0. The topological polar surface area (TPSA) is 102 Å². The molecule has 0 aliphatic heterocycles. The highest BCUT2D eigenvalue weighted by Crippen LogP contribution is 2.29. The van der Waals surface area contributed by atoms with Gasteiger partial charge in [-0.3, -0.25) is 10.1 Å². The van der Waals surface area contributed by atoms with Crippen molar-refractivity contribution in [1.82, 2.24) is 4.98 Å². The molecule has 0 aliphatic rings. The molecule has 0 bridgehead atoms. The molecular formula is C13H15N3O4S. The highest BCUT2D eigenvalue weighted by atomic mass is 32.2. The fourth-order valence-corrected chi connectivity index (χ4v) is 2.65. The number of hydrogen-bond acceptors (Lipinski definition) is 6. The zero-order chi connectivity index (χ0) is 15.5. The molecule has 0 spiro atoms. The predicted octanol–water partition coefficient (Wildman–Crippen LogP) is 1.99. The van der Waals surface area contributed by atoms with Gasteiger partial charge in [-0.2, -0.15) is 0 Å². The molecule has 1 N–H and O–H groups in total. The molecule has 0 radical (unpaired) electrons. The Morgan fingerprint density at radius 2 is 2.10 bits per heavy atom. The van der Waals surface area contributed by atoms with Crippen LogP contribution in [0.5, 0.6) is 0 Å². The maximum absolute atomic E-state index is 11.5. The zero-order valence-electron chi connectivity index (χ0n) is 11.4. The first-order valence-corrected chi connectivity index (χ1v) is 8.23. The summed E-state index contributed by atoms with van der Waals surface area (Å²) in [5.41, 5.74) is 0.846. The van der Waals surface area contributed by atoms with Gasteiger partial charge in [-0.1, -0.05) is 6.92 Å². The fourth-order valence-electron chi connectivity index (χ4n) is 1.94. The number of pyridine rings is 1. The Balaban J connectivity index is 2.30. The molecule has 0 aliphatic carbocycles. The van der Waals surface area contributed by atoms with Gasteiger partial charge in [-0.15, -0.1) is 0 Å². The van der Waals surface area contributed by atoms with Crippen molar-refractivity contribution in [2.24, 2.45) is 0 Å². The highest BCUT2D eigenvalue weighted by molar-refractivity contribution is 7.91. The lowest BCUT2D eigenvalue weighted by Gasteiger charge is -2.09. The van der Waals surface area contributed by atoms with Crippen LogP contribution in [0.3, 0.4) is 0 Å². The predicted molar refractivity (Wildman–Crippen MR) is 81.2 cm³/mol. The van der Waals surface area contributed by atoms with E-state index < -0.39 is 14.8 Å². The van der Waals surface area contributed by atoms with Crippen molar-refractivity contribution in [3.05, 3.63) is 40.6 Å². The second-order valence-corrected chi connectivity index (χ2v) is 6.92. The molecule has 0 amide bonds. The van der Waals surface area contributed by atoms with Crippen molar-refractivity contribution in [2.75, 3.05) is 23.4 Å². The number of anilines is 1. The van der Waals surface area contributed by atoms with E-state index in [4.69, 9.17) is 0 Å². The van der Waals surface area contributed by atoms with Crippen molar-refractivity contribution in [3.8, 4) is 0 Å². The van der Waals surface area contributed by atoms with Crippen LogP contribution >= 0.6 is 0 Å². The van der Waals surface area contributed by atoms with E-state index in [1.807, 2.05) is 0 Å². The van der Waals surface area contributed by atoms with Crippen molar-refractivity contribution in [1.29, 1.82) is 0 Å². The van der Waals surface area contributed by atoms with E-state index in [-0.39, 0.29) is 29.3 Å². The average Bonchev–Trinajstić information content (AvgIpc) is 2.47. The van der Waals surface area contributed by atoms with Crippen LogP contribution in [-0.4, -0.2) is 36.4 Å². The van der Waals surface area contributed by atoms with E-state index in [1.165, 1.54) is 12.3 Å². The molecule has 112 valence electrons. The third kappa shape index (κ3) is 3.46. The third-order valence-corrected chi connectivity index (χ3v) is 4.82. The number of nitro benzene ring substituents is 1. The van der Waals surface area contributed by atoms with E-state index >= 15 is 0 Å². The third-order valence-electron chi connectivity index (χ3n) is 3.11. The molecular weight excluding hydrogens is 294 g/mol. The number of sulfone groups is 1. The minimum absolute atomic E-state index is 0.0161. The van der Waals surface area contributed by atoms with Gasteiger partial charge in [0.1, 0.15) is 5.52 Å². The lowest BCUT2D eigenvalue weighted by molar-refractivity contribution is -0.383. The molecule has 0 fully saturated rings. The first-order valence-electron chi connectivity index (χ1n) is 6.41. The zero-order valence-corrected chi connectivity index (χ0v) is 12.3. The fraction of sp³-hybridized carbons (Fsp3) is 0.308. The van der Waals surface area contributed by atoms with Gasteiger partial charge in [-0.05, 0) is 18.2 Å². The maximum atomic E-state index is 11.5. The summed E-state index contributed by atoms with van der Waals surface area (Å²) in [5, 5.41) is 14.6. The number of nitrogens with zero attached hydrogens (tertiary/aromatic N) is 2.